The number of hydrogen-bond acceptors (Lipinski definition) is 6. The zero-order chi connectivity index (χ0) is 19.9. The van der Waals surface area contributed by atoms with E-state index in [9.17, 15) is 0 Å². The van der Waals surface area contributed by atoms with Gasteiger partial charge in [0.25, 0.3) is 0 Å². The number of piperidine rings is 1. The lowest BCUT2D eigenvalue weighted by Gasteiger charge is -2.46. The highest BCUT2D eigenvalue weighted by atomic mass is 32.1. The van der Waals surface area contributed by atoms with Crippen LogP contribution < -0.4 is 10.1 Å². The maximum Gasteiger partial charge on any atom is 0.233 e. The number of hydrogen-bond donors (Lipinski definition) is 1. The normalized spacial score (nSPS) is 18.9. The lowest BCUT2D eigenvalue weighted by Crippen LogP contribution is -2.60. The van der Waals surface area contributed by atoms with Crippen LogP contribution in [0.25, 0.3) is 21.7 Å². The third-order valence-electron chi connectivity index (χ3n) is 4.97. The fraction of sp³-hybridized carbons (Fsp3) is 0.476. The van der Waals surface area contributed by atoms with Crippen molar-refractivity contribution in [1.82, 2.24) is 25.3 Å². The fourth-order valence-electron chi connectivity index (χ4n) is 4.19. The average molecular weight is 398 g/mol. The fourth-order valence-corrected chi connectivity index (χ4v) is 5.07. The minimum absolute atomic E-state index is 0.0411. The van der Waals surface area contributed by atoms with E-state index >= 15 is 0 Å². The molecule has 4 heterocycles. The zero-order valence-electron chi connectivity index (χ0n) is 17.1. The Balaban J connectivity index is 1.46. The number of thiophene rings is 1. The van der Waals surface area contributed by atoms with Gasteiger partial charge in [0.05, 0.1) is 11.1 Å². The van der Waals surface area contributed by atoms with Gasteiger partial charge in [-0.2, -0.15) is 5.10 Å². The van der Waals surface area contributed by atoms with Crippen molar-refractivity contribution in [3.05, 3.63) is 36.0 Å². The van der Waals surface area contributed by atoms with Gasteiger partial charge in [0.15, 0.2) is 0 Å². The van der Waals surface area contributed by atoms with Gasteiger partial charge in [-0.15, -0.1) is 21.5 Å². The summed E-state index contributed by atoms with van der Waals surface area (Å²) in [5, 5.41) is 18.8. The molecule has 3 aromatic rings. The number of aryl methyl sites for hydroxylation is 1. The molecule has 0 atom stereocenters. The molecule has 4 rings (SSSR count). The highest BCUT2D eigenvalue weighted by molar-refractivity contribution is 7.14. The van der Waals surface area contributed by atoms with Crippen molar-refractivity contribution in [1.29, 1.82) is 0 Å². The monoisotopic (exact) mass is 397 g/mol. The summed E-state index contributed by atoms with van der Waals surface area (Å²) in [4.78, 5) is 1.09. The van der Waals surface area contributed by atoms with E-state index in [0.29, 0.717) is 5.88 Å². The van der Waals surface area contributed by atoms with Gasteiger partial charge in [-0.05, 0) is 50.8 Å². The van der Waals surface area contributed by atoms with Crippen LogP contribution in [0.1, 0.15) is 40.5 Å². The molecule has 148 valence electrons. The molecule has 0 bridgehead atoms. The summed E-state index contributed by atoms with van der Waals surface area (Å²) >= 11 is 1.66. The van der Waals surface area contributed by atoms with Crippen molar-refractivity contribution < 1.29 is 4.74 Å². The predicted octanol–water partition coefficient (Wildman–Crippen LogP) is 4.29. The minimum Gasteiger partial charge on any atom is -0.473 e. The van der Waals surface area contributed by atoms with Crippen LogP contribution in [0.4, 0.5) is 0 Å². The van der Waals surface area contributed by atoms with Gasteiger partial charge < -0.3 is 10.1 Å². The Morgan fingerprint density at radius 3 is 2.46 bits per heavy atom. The first kappa shape index (κ1) is 19.1. The standard InChI is InChI=1S/C21H27N5OS/c1-20(2)9-16(10-21(3,4)25-20)27-19-7-6-17(23-24-19)18-8-14(13-28-18)15-11-22-26(5)12-15/h6-8,11-13,16,25H,9-10H2,1-5H3. The summed E-state index contributed by atoms with van der Waals surface area (Å²) in [6.07, 6.45) is 5.90. The van der Waals surface area contributed by atoms with Crippen molar-refractivity contribution in [3.63, 3.8) is 0 Å². The van der Waals surface area contributed by atoms with Gasteiger partial charge in [-0.3, -0.25) is 4.68 Å². The number of nitrogens with one attached hydrogen (secondary N) is 1. The molecule has 1 aliphatic rings. The quantitative estimate of drug-likeness (QED) is 0.711. The molecule has 0 spiro atoms. The van der Waals surface area contributed by atoms with Crippen LogP contribution in [0, 0.1) is 0 Å². The van der Waals surface area contributed by atoms with Gasteiger partial charge in [-0.25, -0.2) is 0 Å². The first-order valence-electron chi connectivity index (χ1n) is 9.57. The average Bonchev–Trinajstić information content (AvgIpc) is 3.21. The topological polar surface area (TPSA) is 64.9 Å². The van der Waals surface area contributed by atoms with E-state index in [4.69, 9.17) is 4.74 Å². The third kappa shape index (κ3) is 4.25. The molecule has 3 aromatic heterocycles. The smallest absolute Gasteiger partial charge is 0.233 e. The molecule has 1 fully saturated rings. The molecule has 28 heavy (non-hydrogen) atoms. The number of nitrogens with zero attached hydrogens (tertiary/aromatic N) is 4. The summed E-state index contributed by atoms with van der Waals surface area (Å²) < 4.78 is 7.98. The third-order valence-corrected chi connectivity index (χ3v) is 5.92. The SMILES string of the molecule is Cn1cc(-c2csc(-c3ccc(OC4CC(C)(C)NC(C)(C)C4)nn3)c2)cn1. The Kier molecular flexibility index (Phi) is 4.75. The Bertz CT molecular complexity index is 941. The van der Waals surface area contributed by atoms with E-state index in [0.717, 1.165) is 34.5 Å². The summed E-state index contributed by atoms with van der Waals surface area (Å²) in [7, 11) is 1.92. The first-order valence-corrected chi connectivity index (χ1v) is 10.4. The second kappa shape index (κ2) is 6.97. The molecule has 0 amide bonds. The maximum absolute atomic E-state index is 6.17. The first-order chi connectivity index (χ1) is 13.2. The van der Waals surface area contributed by atoms with Crippen LogP contribution >= 0.6 is 11.3 Å². The lowest BCUT2D eigenvalue weighted by molar-refractivity contribution is 0.0524. The van der Waals surface area contributed by atoms with Gasteiger partial charge in [0.2, 0.25) is 5.88 Å². The molecule has 7 heteroatoms. The van der Waals surface area contributed by atoms with Crippen molar-refractivity contribution in [2.24, 2.45) is 7.05 Å². The highest BCUT2D eigenvalue weighted by Gasteiger charge is 2.38. The Labute approximate surface area is 170 Å². The molecule has 0 aromatic carbocycles. The second-order valence-corrected chi connectivity index (χ2v) is 9.81. The Morgan fingerprint density at radius 1 is 1.11 bits per heavy atom. The van der Waals surface area contributed by atoms with E-state index in [1.54, 1.807) is 11.3 Å². The van der Waals surface area contributed by atoms with Gasteiger partial charge in [-0.1, -0.05) is 0 Å². The molecule has 1 aliphatic heterocycles. The Morgan fingerprint density at radius 2 is 1.86 bits per heavy atom. The van der Waals surface area contributed by atoms with Crippen molar-refractivity contribution in [2.45, 2.75) is 57.7 Å². The van der Waals surface area contributed by atoms with Crippen LogP contribution in [0.3, 0.4) is 0 Å². The molecule has 0 aliphatic carbocycles. The van der Waals surface area contributed by atoms with Crippen LogP contribution in [-0.4, -0.2) is 37.2 Å². The molecular formula is C21H27N5OS. The molecule has 1 saturated heterocycles. The summed E-state index contributed by atoms with van der Waals surface area (Å²) in [5.41, 5.74) is 3.20. The lowest BCUT2D eigenvalue weighted by atomic mass is 9.81. The van der Waals surface area contributed by atoms with Gasteiger partial charge in [0, 0.05) is 48.8 Å². The second-order valence-electron chi connectivity index (χ2n) is 8.90. The van der Waals surface area contributed by atoms with E-state index < -0.39 is 0 Å². The predicted molar refractivity (Wildman–Crippen MR) is 112 cm³/mol. The molecule has 0 saturated carbocycles. The van der Waals surface area contributed by atoms with Gasteiger partial charge >= 0.3 is 0 Å². The maximum atomic E-state index is 6.17. The Hall–Kier alpha value is -2.25. The van der Waals surface area contributed by atoms with E-state index in [1.807, 2.05) is 36.3 Å². The number of aromatic nitrogens is 4. The minimum atomic E-state index is 0.0411. The van der Waals surface area contributed by atoms with E-state index in [1.165, 1.54) is 0 Å². The summed E-state index contributed by atoms with van der Waals surface area (Å²) in [5.74, 6) is 0.589. The van der Waals surface area contributed by atoms with Gasteiger partial charge in [0.1, 0.15) is 11.8 Å². The van der Waals surface area contributed by atoms with E-state index in [2.05, 4.69) is 59.8 Å². The zero-order valence-corrected chi connectivity index (χ0v) is 17.9. The summed E-state index contributed by atoms with van der Waals surface area (Å²) in [6.45, 7) is 8.87. The van der Waals surface area contributed by atoms with Crippen LogP contribution in [0.2, 0.25) is 0 Å². The highest BCUT2D eigenvalue weighted by Crippen LogP contribution is 2.33. The molecule has 6 nitrogen and oxygen atoms in total. The van der Waals surface area contributed by atoms with Crippen molar-refractivity contribution in [2.75, 3.05) is 0 Å². The molecule has 0 unspecified atom stereocenters. The summed E-state index contributed by atoms with van der Waals surface area (Å²) in [6, 6.07) is 6.04. The van der Waals surface area contributed by atoms with Crippen LogP contribution in [-0.2, 0) is 7.05 Å². The molecule has 1 N–H and O–H groups in total. The number of rotatable bonds is 4. The van der Waals surface area contributed by atoms with Crippen molar-refractivity contribution >= 4 is 11.3 Å². The van der Waals surface area contributed by atoms with Crippen molar-refractivity contribution in [3.8, 4) is 27.6 Å². The van der Waals surface area contributed by atoms with Crippen LogP contribution in [0.15, 0.2) is 36.0 Å². The van der Waals surface area contributed by atoms with E-state index in [-0.39, 0.29) is 17.2 Å². The largest absolute Gasteiger partial charge is 0.473 e. The van der Waals surface area contributed by atoms with Crippen LogP contribution in [0.5, 0.6) is 5.88 Å². The molecular weight excluding hydrogens is 370 g/mol. The number of ether oxygens (including phenoxy) is 1. The molecule has 0 radical (unpaired) electrons.